The predicted molar refractivity (Wildman–Crippen MR) is 124 cm³/mol. The van der Waals surface area contributed by atoms with E-state index >= 15 is 0 Å². The Balaban J connectivity index is 1.36. The predicted octanol–water partition coefficient (Wildman–Crippen LogP) is 4.02. The van der Waals surface area contributed by atoms with Gasteiger partial charge in [-0.1, -0.05) is 62.4 Å². The van der Waals surface area contributed by atoms with E-state index in [-0.39, 0.29) is 30.8 Å². The summed E-state index contributed by atoms with van der Waals surface area (Å²) in [5, 5.41) is 12.3. The summed E-state index contributed by atoms with van der Waals surface area (Å²) >= 11 is 0. The van der Waals surface area contributed by atoms with Gasteiger partial charge in [-0.15, -0.1) is 0 Å². The van der Waals surface area contributed by atoms with E-state index in [0.717, 1.165) is 22.3 Å². The van der Waals surface area contributed by atoms with Crippen molar-refractivity contribution in [3.63, 3.8) is 0 Å². The van der Waals surface area contributed by atoms with Crippen LogP contribution in [0.2, 0.25) is 0 Å². The molecule has 2 aromatic carbocycles. The molecular weight excluding hydrogens is 420 g/mol. The van der Waals surface area contributed by atoms with Crippen molar-refractivity contribution >= 4 is 18.0 Å². The summed E-state index contributed by atoms with van der Waals surface area (Å²) in [6.07, 6.45) is 0.689. The number of carbonyl (C=O) groups is 3. The molecule has 2 aliphatic rings. The van der Waals surface area contributed by atoms with Crippen LogP contribution in [0, 0.1) is 5.92 Å². The monoisotopic (exact) mass is 450 g/mol. The van der Waals surface area contributed by atoms with E-state index in [1.54, 1.807) is 0 Å². The highest BCUT2D eigenvalue weighted by molar-refractivity contribution is 5.85. The Bertz CT molecular complexity index is 1010. The minimum absolute atomic E-state index is 0.0349. The van der Waals surface area contributed by atoms with Gasteiger partial charge in [0.05, 0.1) is 0 Å². The van der Waals surface area contributed by atoms with Gasteiger partial charge in [-0.05, 0) is 41.0 Å². The van der Waals surface area contributed by atoms with Crippen molar-refractivity contribution < 1.29 is 24.2 Å². The molecule has 2 aromatic rings. The average molecular weight is 451 g/mol. The number of hydrogen-bond acceptors (Lipinski definition) is 4. The molecule has 1 aliphatic carbocycles. The van der Waals surface area contributed by atoms with E-state index < -0.39 is 24.1 Å². The summed E-state index contributed by atoms with van der Waals surface area (Å²) in [4.78, 5) is 38.3. The van der Waals surface area contributed by atoms with Gasteiger partial charge in [0, 0.05) is 24.9 Å². The quantitative estimate of drug-likeness (QED) is 0.664. The van der Waals surface area contributed by atoms with Crippen LogP contribution in [0.25, 0.3) is 11.1 Å². The highest BCUT2D eigenvalue weighted by atomic mass is 16.5. The molecule has 1 saturated heterocycles. The van der Waals surface area contributed by atoms with Crippen molar-refractivity contribution in [2.75, 3.05) is 13.2 Å². The number of carboxylic acid groups (broad SMARTS) is 1. The number of likely N-dealkylation sites (tertiary alicyclic amines) is 1. The molecule has 7 heteroatoms. The first-order valence-corrected chi connectivity index (χ1v) is 11.5. The lowest BCUT2D eigenvalue weighted by molar-refractivity contribution is -0.149. The summed E-state index contributed by atoms with van der Waals surface area (Å²) in [7, 11) is 0. The molecule has 1 heterocycles. The first-order chi connectivity index (χ1) is 15.9. The van der Waals surface area contributed by atoms with Gasteiger partial charge >= 0.3 is 12.1 Å². The third-order valence-electron chi connectivity index (χ3n) is 6.85. The Kier molecular flexibility index (Phi) is 6.67. The van der Waals surface area contributed by atoms with E-state index in [9.17, 15) is 19.5 Å². The molecule has 3 atom stereocenters. The number of nitrogens with zero attached hydrogens (tertiary/aromatic N) is 1. The van der Waals surface area contributed by atoms with Gasteiger partial charge in [0.25, 0.3) is 0 Å². The van der Waals surface area contributed by atoms with Gasteiger partial charge in [-0.2, -0.15) is 0 Å². The van der Waals surface area contributed by atoms with Crippen LogP contribution >= 0.6 is 0 Å². The maximum Gasteiger partial charge on any atom is 0.407 e. The molecule has 2 amide bonds. The number of fused-ring (bicyclic) bond motifs is 3. The molecule has 0 bridgehead atoms. The molecular formula is C26H30N2O5. The Morgan fingerprint density at radius 2 is 1.70 bits per heavy atom. The van der Waals surface area contributed by atoms with Gasteiger partial charge in [0.2, 0.25) is 5.91 Å². The van der Waals surface area contributed by atoms with Crippen LogP contribution in [0.4, 0.5) is 4.79 Å². The van der Waals surface area contributed by atoms with Gasteiger partial charge in [-0.3, -0.25) is 4.79 Å². The standard InChI is InChI=1S/C26H30N2O5/c1-3-17(14-23(29)28-13-12-16(2)24(28)25(30)31)27-26(32)33-15-22-20-10-6-4-8-18(20)19-9-5-7-11-21(19)22/h4-11,16-17,22,24H,3,12-15H2,1-2H3,(H,27,32)(H,30,31)/t16?,17-,24?/m0/s1. The third-order valence-corrected chi connectivity index (χ3v) is 6.85. The highest BCUT2D eigenvalue weighted by Gasteiger charge is 2.39. The van der Waals surface area contributed by atoms with Gasteiger partial charge < -0.3 is 20.1 Å². The molecule has 0 radical (unpaired) electrons. The first kappa shape index (κ1) is 22.8. The van der Waals surface area contributed by atoms with E-state index in [1.807, 2.05) is 38.1 Å². The SMILES string of the molecule is CC[C@@H](CC(=O)N1CCC(C)C1C(=O)O)NC(=O)OCC1c2ccccc2-c2ccccc21. The molecule has 0 aromatic heterocycles. The minimum Gasteiger partial charge on any atom is -0.480 e. The summed E-state index contributed by atoms with van der Waals surface area (Å²) in [5.74, 6) is -1.35. The zero-order valence-electron chi connectivity index (χ0n) is 19.0. The van der Waals surface area contributed by atoms with Crippen LogP contribution in [0.3, 0.4) is 0 Å². The largest absolute Gasteiger partial charge is 0.480 e. The Hall–Kier alpha value is -3.35. The van der Waals surface area contributed by atoms with Crippen LogP contribution in [0.5, 0.6) is 0 Å². The number of amides is 2. The van der Waals surface area contributed by atoms with Crippen LogP contribution < -0.4 is 5.32 Å². The molecule has 1 aliphatic heterocycles. The Morgan fingerprint density at radius 1 is 1.09 bits per heavy atom. The second-order valence-corrected chi connectivity index (χ2v) is 8.92. The lowest BCUT2D eigenvalue weighted by atomic mass is 9.98. The lowest BCUT2D eigenvalue weighted by Crippen LogP contribution is -2.46. The van der Waals surface area contributed by atoms with Crippen LogP contribution in [-0.2, 0) is 14.3 Å². The number of hydrogen-bond donors (Lipinski definition) is 2. The first-order valence-electron chi connectivity index (χ1n) is 11.5. The van der Waals surface area contributed by atoms with Crippen molar-refractivity contribution in [3.05, 3.63) is 59.7 Å². The summed E-state index contributed by atoms with van der Waals surface area (Å²) < 4.78 is 5.59. The maximum atomic E-state index is 12.8. The number of carboxylic acids is 1. The topological polar surface area (TPSA) is 95.9 Å². The van der Waals surface area contributed by atoms with Gasteiger partial charge in [0.15, 0.2) is 0 Å². The normalized spacial score (nSPS) is 20.1. The van der Waals surface area contributed by atoms with E-state index in [4.69, 9.17) is 4.74 Å². The van der Waals surface area contributed by atoms with Crippen molar-refractivity contribution in [1.82, 2.24) is 10.2 Å². The fraction of sp³-hybridized carbons (Fsp3) is 0.423. The zero-order chi connectivity index (χ0) is 23.5. The molecule has 7 nitrogen and oxygen atoms in total. The van der Waals surface area contributed by atoms with E-state index in [1.165, 1.54) is 4.90 Å². The number of alkyl carbamates (subject to hydrolysis) is 1. The number of carbonyl (C=O) groups excluding carboxylic acids is 2. The van der Waals surface area contributed by atoms with E-state index in [0.29, 0.717) is 19.4 Å². The molecule has 0 spiro atoms. The molecule has 1 fully saturated rings. The summed E-state index contributed by atoms with van der Waals surface area (Å²) in [5.41, 5.74) is 4.59. The van der Waals surface area contributed by atoms with E-state index in [2.05, 4.69) is 29.6 Å². The van der Waals surface area contributed by atoms with Gasteiger partial charge in [-0.25, -0.2) is 9.59 Å². The highest BCUT2D eigenvalue weighted by Crippen LogP contribution is 2.44. The molecule has 2 N–H and O–H groups in total. The van der Waals surface area contributed by atoms with Crippen molar-refractivity contribution in [2.24, 2.45) is 5.92 Å². The fourth-order valence-corrected chi connectivity index (χ4v) is 5.04. The summed E-state index contributed by atoms with van der Waals surface area (Å²) in [6, 6.07) is 15.0. The molecule has 174 valence electrons. The van der Waals surface area contributed by atoms with Crippen LogP contribution in [0.15, 0.2) is 48.5 Å². The second-order valence-electron chi connectivity index (χ2n) is 8.92. The Labute approximate surface area is 193 Å². The van der Waals surface area contributed by atoms with Crippen molar-refractivity contribution in [3.8, 4) is 11.1 Å². The number of aliphatic carboxylic acids is 1. The Morgan fingerprint density at radius 3 is 2.27 bits per heavy atom. The minimum atomic E-state index is -0.981. The number of rotatable bonds is 7. The number of nitrogens with one attached hydrogen (secondary N) is 1. The molecule has 0 saturated carbocycles. The van der Waals surface area contributed by atoms with Crippen molar-refractivity contribution in [1.29, 1.82) is 0 Å². The maximum absolute atomic E-state index is 12.8. The van der Waals surface area contributed by atoms with Crippen molar-refractivity contribution in [2.45, 2.75) is 51.1 Å². The lowest BCUT2D eigenvalue weighted by Gasteiger charge is -2.26. The van der Waals surface area contributed by atoms with Gasteiger partial charge in [0.1, 0.15) is 12.6 Å². The van der Waals surface area contributed by atoms with Crippen LogP contribution in [-0.4, -0.2) is 53.2 Å². The number of ether oxygens (including phenoxy) is 1. The molecule has 2 unspecified atom stereocenters. The number of benzene rings is 2. The molecule has 4 rings (SSSR count). The second kappa shape index (κ2) is 9.65. The van der Waals surface area contributed by atoms with Crippen LogP contribution in [0.1, 0.15) is 50.2 Å². The third kappa shape index (κ3) is 4.58. The average Bonchev–Trinajstić information content (AvgIpc) is 3.35. The summed E-state index contributed by atoms with van der Waals surface area (Å²) in [6.45, 7) is 4.36. The fourth-order valence-electron chi connectivity index (χ4n) is 5.04. The molecule has 33 heavy (non-hydrogen) atoms. The smallest absolute Gasteiger partial charge is 0.407 e. The zero-order valence-corrected chi connectivity index (χ0v) is 19.0.